The number of hydrogen-bond donors (Lipinski definition) is 3. The minimum absolute atomic E-state index is 0.00878. The zero-order valence-electron chi connectivity index (χ0n) is 33.8. The number of nitrogens with zero attached hydrogens (tertiary/aromatic N) is 2. The Labute approximate surface area is 347 Å². The number of allylic oxidation sites excluding steroid dienone is 1. The van der Waals surface area contributed by atoms with Crippen LogP contribution >= 0.6 is 0 Å². The van der Waals surface area contributed by atoms with Gasteiger partial charge in [0.2, 0.25) is 27.4 Å². The topological polar surface area (TPSA) is 182 Å². The van der Waals surface area contributed by atoms with Crippen molar-refractivity contribution in [2.24, 2.45) is 5.92 Å². The molecule has 334 valence electrons. The second-order valence-electron chi connectivity index (χ2n) is 17.4. The Hall–Kier alpha value is -4.82. The van der Waals surface area contributed by atoms with E-state index in [-0.39, 0.29) is 43.2 Å². The van der Waals surface area contributed by atoms with Crippen LogP contribution in [0.3, 0.4) is 0 Å². The van der Waals surface area contributed by atoms with Crippen LogP contribution in [0.25, 0.3) is 10.9 Å². The smallest absolute Gasteiger partial charge is 0.437 e. The molecule has 5 atom stereocenters. The van der Waals surface area contributed by atoms with Gasteiger partial charge in [-0.05, 0) is 90.3 Å². The van der Waals surface area contributed by atoms with Gasteiger partial charge in [0, 0.05) is 23.3 Å². The summed E-state index contributed by atoms with van der Waals surface area (Å²) in [5.74, 6) is -3.87. The fraction of sp³-hybridized carbons (Fsp3) is 0.625. The van der Waals surface area contributed by atoms with Crippen molar-refractivity contribution in [3.63, 3.8) is 0 Å². The fourth-order valence-electron chi connectivity index (χ4n) is 8.29. The highest BCUT2D eigenvalue weighted by molar-refractivity contribution is 7.91. The molecule has 7 rings (SSSR count). The molecule has 2 saturated carbocycles. The van der Waals surface area contributed by atoms with Gasteiger partial charge in [0.25, 0.3) is 5.91 Å². The standard InChI is InChI=1S/C40H47F6N5O9S/c1-35(2,40(44,45)46)60-34(55)48-27-11-9-7-5-6-8-10-22-19-38(22,33(54)50-61(56,57)36(3)16-17-36)49-31(52)28-20-37(21-51(28)32(27)53)15-14-24-25-18-23(58-4)12-13-26(25)47-30(29(24)59-37)39(41,42)43/h8,10,12-13,18,22,27-28H,5-7,9,11,14-17,19-21H2,1-4H3,(H,48,55)(H,49,52)(H,50,54)/b10-8-/t22-,27+,28+,37-,38-/m1/s1. The Balaban J connectivity index is 1.27. The van der Waals surface area contributed by atoms with E-state index in [2.05, 4.69) is 20.3 Å². The van der Waals surface area contributed by atoms with E-state index in [1.807, 2.05) is 0 Å². The highest BCUT2D eigenvalue weighted by atomic mass is 32.2. The molecule has 3 fully saturated rings. The maximum Gasteiger partial charge on any atom is 0.437 e. The second kappa shape index (κ2) is 15.2. The zero-order chi connectivity index (χ0) is 44.6. The molecular weight excluding hydrogens is 841 g/mol. The number of ether oxygens (including phenoxy) is 3. The van der Waals surface area contributed by atoms with Crippen LogP contribution in [0.4, 0.5) is 31.1 Å². The number of fused-ring (bicyclic) bond motifs is 5. The number of carbonyl (C=O) groups excluding carboxylic acids is 4. The Kier molecular flexibility index (Phi) is 11.0. The van der Waals surface area contributed by atoms with E-state index in [0.29, 0.717) is 57.1 Å². The van der Waals surface area contributed by atoms with E-state index in [4.69, 9.17) is 14.2 Å². The first-order valence-corrected chi connectivity index (χ1v) is 21.5. The Morgan fingerprint density at radius 2 is 1.75 bits per heavy atom. The minimum Gasteiger partial charge on any atom is -0.497 e. The molecule has 0 radical (unpaired) electrons. The van der Waals surface area contributed by atoms with Gasteiger partial charge in [-0.3, -0.25) is 19.1 Å². The van der Waals surface area contributed by atoms with Crippen molar-refractivity contribution >= 4 is 44.7 Å². The van der Waals surface area contributed by atoms with Gasteiger partial charge in [-0.1, -0.05) is 25.0 Å². The van der Waals surface area contributed by atoms with E-state index in [0.717, 1.165) is 4.90 Å². The second-order valence-corrected chi connectivity index (χ2v) is 19.6. The van der Waals surface area contributed by atoms with Crippen LogP contribution in [-0.4, -0.2) is 95.5 Å². The van der Waals surface area contributed by atoms with Gasteiger partial charge in [-0.15, -0.1) is 0 Å². The van der Waals surface area contributed by atoms with Crippen LogP contribution in [0.2, 0.25) is 0 Å². The maximum atomic E-state index is 14.7. The quantitative estimate of drug-likeness (QED) is 0.239. The normalized spacial score (nSPS) is 28.5. The third kappa shape index (κ3) is 8.41. The van der Waals surface area contributed by atoms with Crippen molar-refractivity contribution in [2.75, 3.05) is 13.7 Å². The van der Waals surface area contributed by atoms with E-state index < -0.39 is 110 Å². The first-order chi connectivity index (χ1) is 28.3. The molecule has 2 aliphatic carbocycles. The number of alkyl halides is 6. The molecule has 3 N–H and O–H groups in total. The first-order valence-electron chi connectivity index (χ1n) is 20.0. The van der Waals surface area contributed by atoms with Crippen molar-refractivity contribution in [3.8, 4) is 11.5 Å². The Bertz CT molecular complexity index is 2280. The number of pyridine rings is 1. The number of carbonyl (C=O) groups is 4. The van der Waals surface area contributed by atoms with Gasteiger partial charge in [-0.25, -0.2) is 18.2 Å². The predicted molar refractivity (Wildman–Crippen MR) is 205 cm³/mol. The van der Waals surface area contributed by atoms with Gasteiger partial charge >= 0.3 is 18.4 Å². The number of hydrogen-bond acceptors (Lipinski definition) is 10. The number of amides is 4. The lowest BCUT2D eigenvalue weighted by Gasteiger charge is -2.37. The molecule has 4 amide bonds. The highest BCUT2D eigenvalue weighted by Gasteiger charge is 2.64. The van der Waals surface area contributed by atoms with Crippen LogP contribution in [0, 0.1) is 5.92 Å². The molecular formula is C40H47F6N5O9S. The van der Waals surface area contributed by atoms with Gasteiger partial charge in [0.15, 0.2) is 11.4 Å². The monoisotopic (exact) mass is 887 g/mol. The molecule has 2 aromatic rings. The Morgan fingerprint density at radius 3 is 2.41 bits per heavy atom. The third-order valence-electron chi connectivity index (χ3n) is 12.6. The highest BCUT2D eigenvalue weighted by Crippen LogP contribution is 2.51. The van der Waals surface area contributed by atoms with E-state index in [1.54, 1.807) is 12.2 Å². The summed E-state index contributed by atoms with van der Waals surface area (Å²) >= 11 is 0. The number of alkyl carbamates (subject to hydrolysis) is 1. The van der Waals surface area contributed by atoms with Crippen molar-refractivity contribution in [3.05, 3.63) is 41.6 Å². The molecule has 0 bridgehead atoms. The largest absolute Gasteiger partial charge is 0.497 e. The summed E-state index contributed by atoms with van der Waals surface area (Å²) in [4.78, 5) is 61.1. The molecule has 3 aliphatic heterocycles. The molecule has 21 heteroatoms. The van der Waals surface area contributed by atoms with Crippen molar-refractivity contribution in [1.82, 2.24) is 25.2 Å². The minimum atomic E-state index is -5.02. The van der Waals surface area contributed by atoms with Crippen LogP contribution in [-0.2, 0) is 41.7 Å². The molecule has 61 heavy (non-hydrogen) atoms. The lowest BCUT2D eigenvalue weighted by Crippen LogP contribution is -2.59. The number of methoxy groups -OCH3 is 1. The summed E-state index contributed by atoms with van der Waals surface area (Å²) in [5.41, 5.74) is -7.60. The summed E-state index contributed by atoms with van der Waals surface area (Å²) in [6.45, 7) is 2.20. The number of aryl methyl sites for hydroxylation is 1. The first kappa shape index (κ1) is 44.2. The summed E-state index contributed by atoms with van der Waals surface area (Å²) in [7, 11) is -2.79. The number of sulfonamides is 1. The third-order valence-corrected chi connectivity index (χ3v) is 14.8. The van der Waals surface area contributed by atoms with Crippen LogP contribution in [0.15, 0.2) is 30.4 Å². The number of rotatable bonds is 6. The van der Waals surface area contributed by atoms with Gasteiger partial charge < -0.3 is 29.7 Å². The fourth-order valence-corrected chi connectivity index (χ4v) is 9.60. The predicted octanol–water partition coefficient (Wildman–Crippen LogP) is 5.76. The maximum absolute atomic E-state index is 14.7. The molecule has 14 nitrogen and oxygen atoms in total. The number of nitrogens with one attached hydrogen (secondary N) is 3. The molecule has 0 unspecified atom stereocenters. The molecule has 1 aromatic carbocycles. The number of halogens is 6. The lowest BCUT2D eigenvalue weighted by atomic mass is 9.87. The lowest BCUT2D eigenvalue weighted by molar-refractivity contribution is -0.244. The van der Waals surface area contributed by atoms with E-state index in [1.165, 1.54) is 32.2 Å². The van der Waals surface area contributed by atoms with Gasteiger partial charge in [0.05, 0.1) is 23.9 Å². The molecule has 5 aliphatic rings. The van der Waals surface area contributed by atoms with Crippen LogP contribution < -0.4 is 24.8 Å². The number of benzene rings is 1. The van der Waals surface area contributed by atoms with Crippen molar-refractivity contribution in [2.45, 2.75) is 137 Å². The summed E-state index contributed by atoms with van der Waals surface area (Å²) in [6, 6.07) is 1.19. The SMILES string of the molecule is COc1ccc2nc(C(F)(F)F)c3c(c2c1)CC[C@]1(C[C@H]2C(=O)N[C@]4(C(=O)NS(=O)(=O)C5(C)CC5)C[C@H]4/C=C\CCCCC[C@H](NC(=O)OC(C)(C)C(F)(F)F)C(=O)N2C1)O3. The average molecular weight is 888 g/mol. The van der Waals surface area contributed by atoms with Crippen molar-refractivity contribution in [1.29, 1.82) is 0 Å². The molecule has 1 aromatic heterocycles. The molecule has 1 saturated heterocycles. The van der Waals surface area contributed by atoms with Crippen LogP contribution in [0.5, 0.6) is 11.5 Å². The molecule has 4 heterocycles. The Morgan fingerprint density at radius 1 is 1.03 bits per heavy atom. The zero-order valence-corrected chi connectivity index (χ0v) is 34.7. The van der Waals surface area contributed by atoms with Crippen molar-refractivity contribution < 1.29 is 68.1 Å². The van der Waals surface area contributed by atoms with Crippen LogP contribution in [0.1, 0.15) is 96.2 Å². The summed E-state index contributed by atoms with van der Waals surface area (Å²) < 4.78 is 129. The summed E-state index contributed by atoms with van der Waals surface area (Å²) in [6.07, 6.45) is -6.33. The number of aromatic nitrogens is 1. The van der Waals surface area contributed by atoms with Gasteiger partial charge in [-0.2, -0.15) is 26.3 Å². The molecule has 1 spiro atoms. The van der Waals surface area contributed by atoms with E-state index >= 15 is 0 Å². The van der Waals surface area contributed by atoms with E-state index in [9.17, 15) is 53.9 Å². The van der Waals surface area contributed by atoms with Gasteiger partial charge in [0.1, 0.15) is 29.0 Å². The summed E-state index contributed by atoms with van der Waals surface area (Å²) in [5, 5.41) is 5.23. The average Bonchev–Trinajstić information content (AvgIpc) is 4.06.